The van der Waals surface area contributed by atoms with Crippen LogP contribution in [-0.2, 0) is 11.2 Å². The summed E-state index contributed by atoms with van der Waals surface area (Å²) in [5.74, 6) is 1.74. The molecule has 0 bridgehead atoms. The van der Waals surface area contributed by atoms with Crippen molar-refractivity contribution in [1.82, 2.24) is 10.3 Å². The van der Waals surface area contributed by atoms with Gasteiger partial charge < -0.3 is 29.1 Å². The number of fused-ring (bicyclic) bond motifs is 1. The molecule has 1 aromatic heterocycles. The highest BCUT2D eigenvalue weighted by atomic mass is 16.6. The van der Waals surface area contributed by atoms with Gasteiger partial charge in [0.25, 0.3) is 0 Å². The highest BCUT2D eigenvalue weighted by molar-refractivity contribution is 5.78. The lowest BCUT2D eigenvalue weighted by atomic mass is 9.94. The fourth-order valence-corrected chi connectivity index (χ4v) is 3.38. The number of carbonyl (C=O) groups excluding carboxylic acids is 1. The molecule has 0 saturated carbocycles. The Hall–Kier alpha value is -3.26. The Morgan fingerprint density at radius 2 is 1.85 bits per heavy atom. The van der Waals surface area contributed by atoms with Crippen molar-refractivity contribution in [3.8, 4) is 23.0 Å². The summed E-state index contributed by atoms with van der Waals surface area (Å²) < 4.78 is 22.0. The van der Waals surface area contributed by atoms with Crippen LogP contribution in [0.4, 0.5) is 4.79 Å². The van der Waals surface area contributed by atoms with Crippen LogP contribution in [0.5, 0.6) is 11.5 Å². The molecule has 0 saturated heterocycles. The number of ether oxygens (including phenoxy) is 3. The average Bonchev–Trinajstić information content (AvgIpc) is 3.19. The van der Waals surface area contributed by atoms with E-state index in [1.165, 1.54) is 0 Å². The zero-order valence-corrected chi connectivity index (χ0v) is 20.0. The SMILES string of the molecule is COc1ccc(OC)c(-c2nc3cc(CCC(C)(CO)NC(=O)OC(C)(C)C)ccc3o2)c1. The molecule has 3 aromatic rings. The number of aliphatic hydroxyl groups excluding tert-OH is 1. The third-order valence-corrected chi connectivity index (χ3v) is 5.21. The molecule has 0 aliphatic rings. The van der Waals surface area contributed by atoms with Crippen molar-refractivity contribution in [2.75, 3.05) is 20.8 Å². The second-order valence-corrected chi connectivity index (χ2v) is 9.23. The first-order valence-electron chi connectivity index (χ1n) is 10.8. The van der Waals surface area contributed by atoms with Crippen LogP contribution < -0.4 is 14.8 Å². The van der Waals surface area contributed by atoms with Crippen LogP contribution in [0.1, 0.15) is 39.7 Å². The molecular weight excluding hydrogens is 424 g/mol. The summed E-state index contributed by atoms with van der Waals surface area (Å²) in [5.41, 5.74) is 1.63. The lowest BCUT2D eigenvalue weighted by molar-refractivity contribution is 0.0407. The summed E-state index contributed by atoms with van der Waals surface area (Å²) in [6.07, 6.45) is 0.582. The molecule has 8 nitrogen and oxygen atoms in total. The predicted molar refractivity (Wildman–Crippen MR) is 126 cm³/mol. The molecule has 1 heterocycles. The summed E-state index contributed by atoms with van der Waals surface area (Å²) in [4.78, 5) is 16.8. The van der Waals surface area contributed by atoms with Gasteiger partial charge in [0.15, 0.2) is 5.58 Å². The van der Waals surface area contributed by atoms with Crippen molar-refractivity contribution >= 4 is 17.2 Å². The van der Waals surface area contributed by atoms with Crippen molar-refractivity contribution in [1.29, 1.82) is 0 Å². The van der Waals surface area contributed by atoms with Gasteiger partial charge in [0.2, 0.25) is 5.89 Å². The smallest absolute Gasteiger partial charge is 0.408 e. The number of rotatable bonds is 8. The van der Waals surface area contributed by atoms with Crippen molar-refractivity contribution < 1.29 is 28.5 Å². The minimum atomic E-state index is -0.819. The number of benzene rings is 2. The van der Waals surface area contributed by atoms with Gasteiger partial charge in [-0.25, -0.2) is 9.78 Å². The Morgan fingerprint density at radius 1 is 1.09 bits per heavy atom. The van der Waals surface area contributed by atoms with E-state index in [9.17, 15) is 9.90 Å². The minimum absolute atomic E-state index is 0.210. The normalized spacial score (nSPS) is 13.4. The third kappa shape index (κ3) is 6.16. The quantitative estimate of drug-likeness (QED) is 0.505. The number of methoxy groups -OCH3 is 2. The van der Waals surface area contributed by atoms with Gasteiger partial charge in [0.1, 0.15) is 22.6 Å². The fourth-order valence-electron chi connectivity index (χ4n) is 3.38. The van der Waals surface area contributed by atoms with Crippen LogP contribution in [0.2, 0.25) is 0 Å². The maximum Gasteiger partial charge on any atom is 0.408 e. The average molecular weight is 457 g/mol. The van der Waals surface area contributed by atoms with E-state index in [0.29, 0.717) is 46.9 Å². The lowest BCUT2D eigenvalue weighted by Gasteiger charge is -2.30. The monoisotopic (exact) mass is 456 g/mol. The number of amides is 1. The standard InChI is InChI=1S/C25H32N2O6/c1-24(2,3)33-23(29)27-25(4,15-28)12-11-16-7-9-21-19(13-16)26-22(32-21)18-14-17(30-5)8-10-20(18)31-6/h7-10,13-14,28H,11-12,15H2,1-6H3,(H,27,29). The number of carbonyl (C=O) groups is 1. The molecule has 0 radical (unpaired) electrons. The van der Waals surface area contributed by atoms with Gasteiger partial charge in [0.05, 0.1) is 31.9 Å². The van der Waals surface area contributed by atoms with Gasteiger partial charge >= 0.3 is 6.09 Å². The van der Waals surface area contributed by atoms with E-state index in [2.05, 4.69) is 10.3 Å². The van der Waals surface area contributed by atoms with Gasteiger partial charge in [0, 0.05) is 0 Å². The molecule has 1 amide bonds. The fraction of sp³-hybridized carbons (Fsp3) is 0.440. The minimum Gasteiger partial charge on any atom is -0.497 e. The predicted octanol–water partition coefficient (Wildman–Crippen LogP) is 4.72. The number of hydrogen-bond acceptors (Lipinski definition) is 7. The van der Waals surface area contributed by atoms with Crippen molar-refractivity contribution in [2.45, 2.75) is 51.7 Å². The Labute approximate surface area is 193 Å². The lowest BCUT2D eigenvalue weighted by Crippen LogP contribution is -2.50. The molecule has 0 spiro atoms. The maximum absolute atomic E-state index is 12.2. The summed E-state index contributed by atoms with van der Waals surface area (Å²) in [5, 5.41) is 12.7. The summed E-state index contributed by atoms with van der Waals surface area (Å²) in [6, 6.07) is 11.2. The number of aryl methyl sites for hydroxylation is 1. The van der Waals surface area contributed by atoms with E-state index in [1.807, 2.05) is 36.4 Å². The van der Waals surface area contributed by atoms with Gasteiger partial charge in [-0.1, -0.05) is 6.07 Å². The molecule has 2 aromatic carbocycles. The summed E-state index contributed by atoms with van der Waals surface area (Å²) in [6.45, 7) is 6.97. The van der Waals surface area contributed by atoms with Gasteiger partial charge in [-0.3, -0.25) is 0 Å². The van der Waals surface area contributed by atoms with E-state index < -0.39 is 17.2 Å². The number of alkyl carbamates (subject to hydrolysis) is 1. The van der Waals surface area contributed by atoms with Gasteiger partial charge in [-0.05, 0) is 76.4 Å². The molecule has 178 valence electrons. The second-order valence-electron chi connectivity index (χ2n) is 9.23. The van der Waals surface area contributed by atoms with Crippen LogP contribution in [0.3, 0.4) is 0 Å². The molecule has 33 heavy (non-hydrogen) atoms. The number of hydrogen-bond donors (Lipinski definition) is 2. The largest absolute Gasteiger partial charge is 0.497 e. The van der Waals surface area contributed by atoms with Crippen molar-refractivity contribution in [2.24, 2.45) is 0 Å². The third-order valence-electron chi connectivity index (χ3n) is 5.21. The first kappa shape index (κ1) is 24.4. The molecule has 0 fully saturated rings. The topological polar surface area (TPSA) is 103 Å². The first-order valence-corrected chi connectivity index (χ1v) is 10.8. The zero-order valence-electron chi connectivity index (χ0n) is 20.0. The molecule has 8 heteroatoms. The molecule has 0 aliphatic heterocycles. The number of aliphatic hydroxyl groups is 1. The van der Waals surface area contributed by atoms with Gasteiger partial charge in [-0.15, -0.1) is 0 Å². The number of nitrogens with one attached hydrogen (secondary N) is 1. The number of nitrogens with zero attached hydrogens (tertiary/aromatic N) is 1. The van der Waals surface area contributed by atoms with Crippen LogP contribution in [0.15, 0.2) is 40.8 Å². The van der Waals surface area contributed by atoms with Crippen LogP contribution in [0, 0.1) is 0 Å². The molecule has 0 aliphatic carbocycles. The zero-order chi connectivity index (χ0) is 24.2. The van der Waals surface area contributed by atoms with Crippen molar-refractivity contribution in [3.63, 3.8) is 0 Å². The van der Waals surface area contributed by atoms with E-state index in [4.69, 9.17) is 18.6 Å². The Bertz CT molecular complexity index is 1120. The van der Waals surface area contributed by atoms with E-state index >= 15 is 0 Å². The Kier molecular flexibility index (Phi) is 7.17. The molecular formula is C25H32N2O6. The van der Waals surface area contributed by atoms with Gasteiger partial charge in [-0.2, -0.15) is 0 Å². The highest BCUT2D eigenvalue weighted by Gasteiger charge is 2.28. The Balaban J connectivity index is 1.77. The molecule has 1 atom stereocenters. The highest BCUT2D eigenvalue weighted by Crippen LogP contribution is 2.35. The van der Waals surface area contributed by atoms with Crippen LogP contribution in [0.25, 0.3) is 22.6 Å². The molecule has 3 rings (SSSR count). The second kappa shape index (κ2) is 9.70. The van der Waals surface area contributed by atoms with E-state index in [1.54, 1.807) is 41.9 Å². The van der Waals surface area contributed by atoms with Crippen LogP contribution >= 0.6 is 0 Å². The summed E-state index contributed by atoms with van der Waals surface area (Å²) in [7, 11) is 3.19. The van der Waals surface area contributed by atoms with Crippen molar-refractivity contribution in [3.05, 3.63) is 42.0 Å². The van der Waals surface area contributed by atoms with Crippen LogP contribution in [-0.4, -0.2) is 48.2 Å². The summed E-state index contributed by atoms with van der Waals surface area (Å²) >= 11 is 0. The number of oxazole rings is 1. The van der Waals surface area contributed by atoms with E-state index in [0.717, 1.165) is 5.56 Å². The molecule has 2 N–H and O–H groups in total. The number of aromatic nitrogens is 1. The maximum atomic E-state index is 12.2. The van der Waals surface area contributed by atoms with E-state index in [-0.39, 0.29) is 6.61 Å². The molecule has 1 unspecified atom stereocenters. The first-order chi connectivity index (χ1) is 15.6. The Morgan fingerprint density at radius 3 is 2.48 bits per heavy atom.